The van der Waals surface area contributed by atoms with Crippen LogP contribution in [0.25, 0.3) is 0 Å². The molecule has 1 N–H and O–H groups in total. The topological polar surface area (TPSA) is 12.0 Å². The Balaban J connectivity index is 2.48. The van der Waals surface area contributed by atoms with E-state index >= 15 is 0 Å². The van der Waals surface area contributed by atoms with Gasteiger partial charge in [0.05, 0.1) is 0 Å². The zero-order valence-electron chi connectivity index (χ0n) is 11.9. The Morgan fingerprint density at radius 2 is 1.89 bits per heavy atom. The average molecular weight is 245 g/mol. The Kier molecular flexibility index (Phi) is 7.43. The molecule has 100 valence electrons. The number of allylic oxidation sites excluding steroid dienone is 1. The second kappa shape index (κ2) is 8.93. The third-order valence-corrected chi connectivity index (χ3v) is 3.56. The highest BCUT2D eigenvalue weighted by molar-refractivity contribution is 5.23. The fraction of sp³-hybridized carbons (Fsp3) is 0.529. The van der Waals surface area contributed by atoms with E-state index in [0.717, 1.165) is 25.3 Å². The lowest BCUT2D eigenvalue weighted by Crippen LogP contribution is -2.14. The molecule has 1 atom stereocenters. The molecule has 0 bridgehead atoms. The van der Waals surface area contributed by atoms with Crippen LogP contribution in [0.1, 0.15) is 37.3 Å². The lowest BCUT2D eigenvalue weighted by atomic mass is 9.93. The summed E-state index contributed by atoms with van der Waals surface area (Å²) in [5, 5.41) is 3.24. The average Bonchev–Trinajstić information content (AvgIpc) is 2.42. The van der Waals surface area contributed by atoms with Crippen LogP contribution in [0.2, 0.25) is 0 Å². The van der Waals surface area contributed by atoms with Crippen molar-refractivity contribution in [3.05, 3.63) is 48.0 Å². The summed E-state index contributed by atoms with van der Waals surface area (Å²) in [6.45, 7) is 7.18. The summed E-state index contributed by atoms with van der Waals surface area (Å²) in [5.41, 5.74) is 2.89. The minimum Gasteiger partial charge on any atom is -0.320 e. The third-order valence-electron chi connectivity index (χ3n) is 3.56. The fourth-order valence-corrected chi connectivity index (χ4v) is 2.24. The maximum absolute atomic E-state index is 3.77. The van der Waals surface area contributed by atoms with Gasteiger partial charge in [0.25, 0.3) is 0 Å². The summed E-state index contributed by atoms with van der Waals surface area (Å²) >= 11 is 0. The number of aryl methyl sites for hydroxylation is 1. The van der Waals surface area contributed by atoms with Crippen molar-refractivity contribution in [3.63, 3.8) is 0 Å². The maximum Gasteiger partial charge on any atom is -0.00492 e. The van der Waals surface area contributed by atoms with Crippen LogP contribution < -0.4 is 5.32 Å². The van der Waals surface area contributed by atoms with E-state index < -0.39 is 0 Å². The zero-order valence-corrected chi connectivity index (χ0v) is 11.9. The second-order valence-electron chi connectivity index (χ2n) is 5.01. The van der Waals surface area contributed by atoms with E-state index in [1.807, 2.05) is 13.1 Å². The first-order valence-corrected chi connectivity index (χ1v) is 7.13. The first kappa shape index (κ1) is 15.0. The van der Waals surface area contributed by atoms with E-state index in [9.17, 15) is 0 Å². The standard InChI is InChI=1S/C17H27N/c1-4-6-7-16-8-10-17(11-9-16)14-15(5-2)12-13-18-3/h4,8-11,15,18H,1,5-7,12-14H2,2-3H3. The molecule has 1 aromatic carbocycles. The molecule has 0 saturated carbocycles. The van der Waals surface area contributed by atoms with E-state index in [1.165, 1.54) is 30.4 Å². The van der Waals surface area contributed by atoms with E-state index in [4.69, 9.17) is 0 Å². The first-order valence-electron chi connectivity index (χ1n) is 7.13. The van der Waals surface area contributed by atoms with Gasteiger partial charge in [0.2, 0.25) is 0 Å². The lowest BCUT2D eigenvalue weighted by molar-refractivity contribution is 0.459. The zero-order chi connectivity index (χ0) is 13.2. The van der Waals surface area contributed by atoms with Gasteiger partial charge in [0.1, 0.15) is 0 Å². The molecule has 1 rings (SSSR count). The Hall–Kier alpha value is -1.08. The molecule has 1 aromatic rings. The molecule has 0 aliphatic heterocycles. The molecule has 1 nitrogen and oxygen atoms in total. The Morgan fingerprint density at radius 3 is 2.44 bits per heavy atom. The SMILES string of the molecule is C=CCCc1ccc(CC(CC)CCNC)cc1. The molecule has 0 aliphatic rings. The van der Waals surface area contributed by atoms with Gasteiger partial charge in [-0.3, -0.25) is 0 Å². The van der Waals surface area contributed by atoms with Gasteiger partial charge in [-0.2, -0.15) is 0 Å². The molecule has 0 aromatic heterocycles. The van der Waals surface area contributed by atoms with Crippen LogP contribution in [0.4, 0.5) is 0 Å². The molecule has 0 fully saturated rings. The van der Waals surface area contributed by atoms with Gasteiger partial charge in [0.15, 0.2) is 0 Å². The molecule has 0 saturated heterocycles. The summed E-state index contributed by atoms with van der Waals surface area (Å²) < 4.78 is 0. The van der Waals surface area contributed by atoms with E-state index in [0.29, 0.717) is 0 Å². The van der Waals surface area contributed by atoms with Crippen molar-refractivity contribution in [3.8, 4) is 0 Å². The van der Waals surface area contributed by atoms with Gasteiger partial charge < -0.3 is 5.32 Å². The van der Waals surface area contributed by atoms with Crippen LogP contribution in [0, 0.1) is 5.92 Å². The van der Waals surface area contributed by atoms with Gasteiger partial charge >= 0.3 is 0 Å². The predicted molar refractivity (Wildman–Crippen MR) is 81.0 cm³/mol. The molecule has 0 amide bonds. The van der Waals surface area contributed by atoms with E-state index in [-0.39, 0.29) is 0 Å². The van der Waals surface area contributed by atoms with Crippen LogP contribution in [-0.2, 0) is 12.8 Å². The molecule has 0 heterocycles. The summed E-state index contributed by atoms with van der Waals surface area (Å²) in [4.78, 5) is 0. The molecule has 0 radical (unpaired) electrons. The van der Waals surface area contributed by atoms with Crippen molar-refractivity contribution in [2.45, 2.75) is 39.0 Å². The fourth-order valence-electron chi connectivity index (χ4n) is 2.24. The number of hydrogen-bond acceptors (Lipinski definition) is 1. The summed E-state index contributed by atoms with van der Waals surface area (Å²) in [5.74, 6) is 0.802. The molecule has 0 spiro atoms. The molecule has 18 heavy (non-hydrogen) atoms. The Bertz CT molecular complexity index is 326. The normalized spacial score (nSPS) is 12.3. The van der Waals surface area contributed by atoms with Crippen LogP contribution in [0.15, 0.2) is 36.9 Å². The van der Waals surface area contributed by atoms with Crippen LogP contribution >= 0.6 is 0 Å². The van der Waals surface area contributed by atoms with Crippen molar-refractivity contribution in [1.82, 2.24) is 5.32 Å². The highest BCUT2D eigenvalue weighted by atomic mass is 14.8. The van der Waals surface area contributed by atoms with Crippen LogP contribution in [0.3, 0.4) is 0 Å². The van der Waals surface area contributed by atoms with Crippen molar-refractivity contribution in [2.75, 3.05) is 13.6 Å². The van der Waals surface area contributed by atoms with Crippen molar-refractivity contribution in [2.24, 2.45) is 5.92 Å². The molecular formula is C17H27N. The van der Waals surface area contributed by atoms with Crippen molar-refractivity contribution < 1.29 is 0 Å². The summed E-state index contributed by atoms with van der Waals surface area (Å²) in [6, 6.07) is 9.12. The van der Waals surface area contributed by atoms with E-state index in [2.05, 4.69) is 43.1 Å². The van der Waals surface area contributed by atoms with Crippen LogP contribution in [-0.4, -0.2) is 13.6 Å². The minimum atomic E-state index is 0.802. The van der Waals surface area contributed by atoms with Crippen molar-refractivity contribution >= 4 is 0 Å². The number of benzene rings is 1. The summed E-state index contributed by atoms with van der Waals surface area (Å²) in [7, 11) is 2.03. The number of rotatable bonds is 9. The van der Waals surface area contributed by atoms with Crippen molar-refractivity contribution in [1.29, 1.82) is 0 Å². The molecular weight excluding hydrogens is 218 g/mol. The lowest BCUT2D eigenvalue weighted by Gasteiger charge is -2.14. The largest absolute Gasteiger partial charge is 0.320 e. The smallest absolute Gasteiger partial charge is 0.00492 e. The summed E-state index contributed by atoms with van der Waals surface area (Å²) in [6.07, 6.45) is 7.91. The number of nitrogens with one attached hydrogen (secondary N) is 1. The number of hydrogen-bond donors (Lipinski definition) is 1. The maximum atomic E-state index is 3.77. The first-order chi connectivity index (χ1) is 8.80. The van der Waals surface area contributed by atoms with Gasteiger partial charge in [-0.25, -0.2) is 0 Å². The second-order valence-corrected chi connectivity index (χ2v) is 5.01. The predicted octanol–water partition coefficient (Wildman–Crippen LogP) is 3.98. The van der Waals surface area contributed by atoms with Gasteiger partial charge in [-0.15, -0.1) is 6.58 Å². The molecule has 1 heteroatoms. The molecule has 0 aliphatic carbocycles. The monoisotopic (exact) mass is 245 g/mol. The highest BCUT2D eigenvalue weighted by Crippen LogP contribution is 2.16. The van der Waals surface area contributed by atoms with Gasteiger partial charge in [0, 0.05) is 0 Å². The Morgan fingerprint density at radius 1 is 1.22 bits per heavy atom. The molecule has 1 unspecified atom stereocenters. The third kappa shape index (κ3) is 5.50. The quantitative estimate of drug-likeness (QED) is 0.649. The van der Waals surface area contributed by atoms with E-state index in [1.54, 1.807) is 0 Å². The highest BCUT2D eigenvalue weighted by Gasteiger charge is 2.06. The minimum absolute atomic E-state index is 0.802. The van der Waals surface area contributed by atoms with Crippen LogP contribution in [0.5, 0.6) is 0 Å². The van der Waals surface area contributed by atoms with Gasteiger partial charge in [-0.05, 0) is 56.3 Å². The van der Waals surface area contributed by atoms with Gasteiger partial charge in [-0.1, -0.05) is 43.7 Å². The Labute approximate surface area is 112 Å².